The molecule has 0 saturated carbocycles. The minimum Gasteiger partial charge on any atom is -0.395 e. The van der Waals surface area contributed by atoms with Gasteiger partial charge in [0.2, 0.25) is 0 Å². The van der Waals surface area contributed by atoms with Crippen molar-refractivity contribution in [2.75, 3.05) is 19.7 Å². The molecule has 0 spiro atoms. The number of aliphatic hydroxyl groups excluding tert-OH is 1. The third kappa shape index (κ3) is 3.09. The van der Waals surface area contributed by atoms with Gasteiger partial charge in [0.15, 0.2) is 0 Å². The summed E-state index contributed by atoms with van der Waals surface area (Å²) in [5.41, 5.74) is 0. The van der Waals surface area contributed by atoms with Crippen molar-refractivity contribution in [3.63, 3.8) is 0 Å². The Kier molecular flexibility index (Phi) is 3.98. The van der Waals surface area contributed by atoms with Gasteiger partial charge in [-0.25, -0.2) is 0 Å². The van der Waals surface area contributed by atoms with E-state index in [1.54, 1.807) is 0 Å². The minimum absolute atomic E-state index is 0.237. The highest BCUT2D eigenvalue weighted by Gasteiger charge is 2.19. The van der Waals surface area contributed by atoms with E-state index in [9.17, 15) is 0 Å². The zero-order valence-corrected chi connectivity index (χ0v) is 8.01. The van der Waals surface area contributed by atoms with Gasteiger partial charge in [-0.3, -0.25) is 0 Å². The summed E-state index contributed by atoms with van der Waals surface area (Å²) in [7, 11) is 0. The van der Waals surface area contributed by atoms with Gasteiger partial charge in [0, 0.05) is 25.2 Å². The van der Waals surface area contributed by atoms with Crippen LogP contribution in [-0.2, 0) is 0 Å². The first-order valence-electron chi connectivity index (χ1n) is 4.80. The molecule has 1 aliphatic rings. The van der Waals surface area contributed by atoms with Crippen molar-refractivity contribution in [1.29, 1.82) is 0 Å². The van der Waals surface area contributed by atoms with Crippen molar-refractivity contribution in [1.82, 2.24) is 10.6 Å². The summed E-state index contributed by atoms with van der Waals surface area (Å²) in [6.07, 6.45) is 1.21. The first kappa shape index (κ1) is 9.96. The molecule has 0 bridgehead atoms. The molecule has 1 rings (SSSR count). The molecule has 0 aromatic rings. The van der Waals surface area contributed by atoms with Gasteiger partial charge < -0.3 is 15.7 Å². The second-order valence-corrected chi connectivity index (χ2v) is 4.02. The zero-order valence-electron chi connectivity index (χ0n) is 8.01. The lowest BCUT2D eigenvalue weighted by Crippen LogP contribution is -2.55. The lowest BCUT2D eigenvalue weighted by Gasteiger charge is -2.31. The molecule has 72 valence electrons. The average molecular weight is 172 g/mol. The van der Waals surface area contributed by atoms with Crippen LogP contribution < -0.4 is 10.6 Å². The topological polar surface area (TPSA) is 44.3 Å². The zero-order chi connectivity index (χ0) is 8.97. The highest BCUT2D eigenvalue weighted by Crippen LogP contribution is 2.06. The molecule has 1 saturated heterocycles. The Balaban J connectivity index is 2.17. The molecule has 0 amide bonds. The fourth-order valence-electron chi connectivity index (χ4n) is 1.63. The number of rotatable bonds is 3. The molecule has 0 aromatic heterocycles. The van der Waals surface area contributed by atoms with Gasteiger partial charge in [-0.1, -0.05) is 13.8 Å². The average Bonchev–Trinajstić information content (AvgIpc) is 2.05. The summed E-state index contributed by atoms with van der Waals surface area (Å²) in [6, 6.07) is 0.848. The van der Waals surface area contributed by atoms with Crippen LogP contribution in [-0.4, -0.2) is 36.9 Å². The van der Waals surface area contributed by atoms with Gasteiger partial charge in [0.05, 0.1) is 6.61 Å². The highest BCUT2D eigenvalue weighted by atomic mass is 16.3. The van der Waals surface area contributed by atoms with Crippen molar-refractivity contribution in [3.8, 4) is 0 Å². The third-order valence-electron chi connectivity index (χ3n) is 2.28. The van der Waals surface area contributed by atoms with Gasteiger partial charge in [-0.2, -0.15) is 0 Å². The maximum absolute atomic E-state index is 8.86. The molecule has 3 nitrogen and oxygen atoms in total. The lowest BCUT2D eigenvalue weighted by atomic mass is 10.0. The van der Waals surface area contributed by atoms with Gasteiger partial charge in [-0.15, -0.1) is 0 Å². The molecular weight excluding hydrogens is 152 g/mol. The van der Waals surface area contributed by atoms with E-state index in [0.717, 1.165) is 19.0 Å². The summed E-state index contributed by atoms with van der Waals surface area (Å²) >= 11 is 0. The van der Waals surface area contributed by atoms with Gasteiger partial charge in [0.25, 0.3) is 0 Å². The van der Waals surface area contributed by atoms with E-state index in [-0.39, 0.29) is 12.6 Å². The summed E-state index contributed by atoms with van der Waals surface area (Å²) in [5.74, 6) is 0.745. The Morgan fingerprint density at radius 2 is 1.83 bits per heavy atom. The number of hydrogen-bond donors (Lipinski definition) is 3. The minimum atomic E-state index is 0.237. The highest BCUT2D eigenvalue weighted by molar-refractivity contribution is 4.82. The second-order valence-electron chi connectivity index (χ2n) is 4.02. The van der Waals surface area contributed by atoms with Crippen LogP contribution in [0.15, 0.2) is 0 Å². The van der Waals surface area contributed by atoms with Crippen LogP contribution in [0.4, 0.5) is 0 Å². The quantitative estimate of drug-likeness (QED) is 0.559. The second kappa shape index (κ2) is 4.80. The molecule has 0 aliphatic carbocycles. The maximum atomic E-state index is 8.86. The lowest BCUT2D eigenvalue weighted by molar-refractivity contribution is 0.206. The molecule has 1 aliphatic heterocycles. The largest absolute Gasteiger partial charge is 0.395 e. The first-order chi connectivity index (χ1) is 5.72. The van der Waals surface area contributed by atoms with Crippen LogP contribution in [0.1, 0.15) is 20.3 Å². The Bertz CT molecular complexity index is 120. The number of hydrogen-bond acceptors (Lipinski definition) is 3. The summed E-state index contributed by atoms with van der Waals surface area (Å²) in [4.78, 5) is 0. The molecule has 3 heteroatoms. The monoisotopic (exact) mass is 172 g/mol. The van der Waals surface area contributed by atoms with Crippen molar-refractivity contribution in [2.24, 2.45) is 5.92 Å². The van der Waals surface area contributed by atoms with Crippen molar-refractivity contribution < 1.29 is 5.11 Å². The van der Waals surface area contributed by atoms with E-state index in [2.05, 4.69) is 24.5 Å². The fraction of sp³-hybridized carbons (Fsp3) is 1.00. The molecule has 0 radical (unpaired) electrons. The van der Waals surface area contributed by atoms with E-state index >= 15 is 0 Å². The van der Waals surface area contributed by atoms with Crippen molar-refractivity contribution in [2.45, 2.75) is 32.4 Å². The summed E-state index contributed by atoms with van der Waals surface area (Å²) in [6.45, 7) is 6.60. The van der Waals surface area contributed by atoms with Gasteiger partial charge in [-0.05, 0) is 12.3 Å². The van der Waals surface area contributed by atoms with E-state index in [1.807, 2.05) is 0 Å². The summed E-state index contributed by atoms with van der Waals surface area (Å²) in [5, 5.41) is 15.6. The molecule has 3 N–H and O–H groups in total. The van der Waals surface area contributed by atoms with Crippen LogP contribution in [0, 0.1) is 5.92 Å². The molecule has 12 heavy (non-hydrogen) atoms. The van der Waals surface area contributed by atoms with Crippen LogP contribution in [0.25, 0.3) is 0 Å². The van der Waals surface area contributed by atoms with E-state index < -0.39 is 0 Å². The Morgan fingerprint density at radius 3 is 2.25 bits per heavy atom. The third-order valence-corrected chi connectivity index (χ3v) is 2.28. The Hall–Kier alpha value is -0.120. The molecular formula is C9H20N2O. The van der Waals surface area contributed by atoms with Crippen LogP contribution >= 0.6 is 0 Å². The van der Waals surface area contributed by atoms with Crippen LogP contribution in [0.3, 0.4) is 0 Å². The van der Waals surface area contributed by atoms with Crippen LogP contribution in [0.5, 0.6) is 0 Å². The molecule has 1 heterocycles. The Morgan fingerprint density at radius 1 is 1.25 bits per heavy atom. The number of piperazine rings is 1. The van der Waals surface area contributed by atoms with E-state index in [1.165, 1.54) is 6.42 Å². The van der Waals surface area contributed by atoms with Crippen LogP contribution in [0.2, 0.25) is 0 Å². The molecule has 1 fully saturated rings. The van der Waals surface area contributed by atoms with Crippen molar-refractivity contribution >= 4 is 0 Å². The smallest absolute Gasteiger partial charge is 0.0597 e. The predicted molar refractivity (Wildman–Crippen MR) is 50.1 cm³/mol. The summed E-state index contributed by atoms with van der Waals surface area (Å²) < 4.78 is 0. The standard InChI is InChI=1S/C9H20N2O/c1-7(2)3-8-4-11-9(6-12)5-10-8/h7-12H,3-6H2,1-2H3/t8-,9-/m0/s1. The number of aliphatic hydroxyl groups is 1. The number of nitrogens with one attached hydrogen (secondary N) is 2. The molecule has 0 unspecified atom stereocenters. The van der Waals surface area contributed by atoms with Crippen molar-refractivity contribution in [3.05, 3.63) is 0 Å². The van der Waals surface area contributed by atoms with Gasteiger partial charge >= 0.3 is 0 Å². The predicted octanol–water partition coefficient (Wildman–Crippen LogP) is -0.0452. The van der Waals surface area contributed by atoms with Gasteiger partial charge in [0.1, 0.15) is 0 Å². The molecule has 2 atom stereocenters. The van der Waals surface area contributed by atoms with E-state index in [0.29, 0.717) is 6.04 Å². The first-order valence-corrected chi connectivity index (χ1v) is 4.80. The fourth-order valence-corrected chi connectivity index (χ4v) is 1.63. The molecule has 0 aromatic carbocycles. The Labute approximate surface area is 74.5 Å². The van der Waals surface area contributed by atoms with E-state index in [4.69, 9.17) is 5.11 Å². The maximum Gasteiger partial charge on any atom is 0.0597 e. The SMILES string of the molecule is CC(C)C[C@H]1CN[C@H](CO)CN1. The normalized spacial score (nSPS) is 31.0.